The summed E-state index contributed by atoms with van der Waals surface area (Å²) in [5.41, 5.74) is 5.63. The molecule has 0 aliphatic rings. The molecule has 0 unspecified atom stereocenters. The molecule has 154 valence electrons. The van der Waals surface area contributed by atoms with Crippen molar-refractivity contribution in [3.8, 4) is 5.75 Å². The highest BCUT2D eigenvalue weighted by molar-refractivity contribution is 9.10. The number of carbonyl (C=O) groups is 2. The predicted molar refractivity (Wildman–Crippen MR) is 116 cm³/mol. The molecule has 2 rings (SSSR count). The smallest absolute Gasteiger partial charge is 0.276 e. The number of carbonyl (C=O) groups excluding carboxylic acids is 2. The fraction of sp³-hybridized carbons (Fsp3) is 0.250. The largest absolute Gasteiger partial charge is 0.483 e. The Balaban J connectivity index is 1.80. The zero-order chi connectivity index (χ0) is 21.6. The van der Waals surface area contributed by atoms with Crippen molar-refractivity contribution in [3.63, 3.8) is 0 Å². The SMILES string of the molecule is CC(C)(C)c1ccc(OCC(=O)NNC(=S)NC(=O)c2ccccc2F)c(Br)c1. The van der Waals surface area contributed by atoms with Crippen LogP contribution in [0.3, 0.4) is 0 Å². The Labute approximate surface area is 182 Å². The Morgan fingerprint density at radius 2 is 1.83 bits per heavy atom. The molecule has 0 fully saturated rings. The van der Waals surface area contributed by atoms with Crippen LogP contribution in [-0.4, -0.2) is 23.5 Å². The summed E-state index contributed by atoms with van der Waals surface area (Å²) in [5, 5.41) is 2.10. The number of thiocarbonyl (C=S) groups is 1. The quantitative estimate of drug-likeness (QED) is 0.459. The number of hydrogen-bond acceptors (Lipinski definition) is 4. The molecule has 29 heavy (non-hydrogen) atoms. The van der Waals surface area contributed by atoms with E-state index in [9.17, 15) is 14.0 Å². The summed E-state index contributed by atoms with van der Waals surface area (Å²) >= 11 is 8.35. The number of rotatable bonds is 4. The molecule has 0 saturated carbocycles. The number of ether oxygens (including phenoxy) is 1. The van der Waals surface area contributed by atoms with E-state index in [4.69, 9.17) is 17.0 Å². The van der Waals surface area contributed by atoms with Gasteiger partial charge in [-0.15, -0.1) is 0 Å². The Morgan fingerprint density at radius 3 is 2.45 bits per heavy atom. The van der Waals surface area contributed by atoms with Crippen molar-refractivity contribution in [3.05, 3.63) is 63.9 Å². The van der Waals surface area contributed by atoms with Crippen LogP contribution in [0.2, 0.25) is 0 Å². The average molecular weight is 482 g/mol. The molecule has 0 aliphatic heterocycles. The van der Waals surface area contributed by atoms with Crippen LogP contribution in [0.4, 0.5) is 4.39 Å². The van der Waals surface area contributed by atoms with Crippen LogP contribution in [0.1, 0.15) is 36.7 Å². The third kappa shape index (κ3) is 6.79. The molecular weight excluding hydrogens is 461 g/mol. The van der Waals surface area contributed by atoms with Gasteiger partial charge in [0.25, 0.3) is 11.8 Å². The molecule has 2 aromatic rings. The highest BCUT2D eigenvalue weighted by Gasteiger charge is 2.16. The summed E-state index contributed by atoms with van der Waals surface area (Å²) in [6.45, 7) is 6.02. The van der Waals surface area contributed by atoms with Gasteiger partial charge in [0, 0.05) is 0 Å². The third-order valence-corrected chi connectivity index (χ3v) is 4.64. The first-order valence-corrected chi connectivity index (χ1v) is 9.85. The fourth-order valence-electron chi connectivity index (χ4n) is 2.24. The Hall–Kier alpha value is -2.52. The van der Waals surface area contributed by atoms with Crippen molar-refractivity contribution in [2.45, 2.75) is 26.2 Å². The number of amides is 2. The monoisotopic (exact) mass is 481 g/mol. The fourth-order valence-corrected chi connectivity index (χ4v) is 2.87. The van der Waals surface area contributed by atoms with Gasteiger partial charge in [-0.2, -0.15) is 0 Å². The number of hydrazine groups is 1. The van der Waals surface area contributed by atoms with E-state index in [0.29, 0.717) is 5.75 Å². The van der Waals surface area contributed by atoms with E-state index < -0.39 is 17.6 Å². The standard InChI is InChI=1S/C20H21BrFN3O3S/c1-20(2,3)12-8-9-16(14(21)10-12)28-11-17(26)24-25-19(29)23-18(27)13-6-4-5-7-15(13)22/h4-10H,11H2,1-3H3,(H,24,26)(H2,23,25,27,29). The van der Waals surface area contributed by atoms with Crippen LogP contribution < -0.4 is 20.9 Å². The van der Waals surface area contributed by atoms with Crippen molar-refractivity contribution < 1.29 is 18.7 Å². The van der Waals surface area contributed by atoms with Crippen LogP contribution in [-0.2, 0) is 10.2 Å². The van der Waals surface area contributed by atoms with E-state index in [1.54, 1.807) is 6.07 Å². The second kappa shape index (κ2) is 9.80. The Morgan fingerprint density at radius 1 is 1.14 bits per heavy atom. The molecule has 0 aliphatic carbocycles. The minimum Gasteiger partial charge on any atom is -0.483 e. The molecule has 3 N–H and O–H groups in total. The van der Waals surface area contributed by atoms with Crippen molar-refractivity contribution in [1.82, 2.24) is 16.2 Å². The van der Waals surface area contributed by atoms with E-state index in [2.05, 4.69) is 52.9 Å². The minimum absolute atomic E-state index is 0.00879. The van der Waals surface area contributed by atoms with Crippen LogP contribution in [0.15, 0.2) is 46.9 Å². The number of halogens is 2. The van der Waals surface area contributed by atoms with Crippen molar-refractivity contribution in [2.24, 2.45) is 0 Å². The second-order valence-corrected chi connectivity index (χ2v) is 8.38. The zero-order valence-corrected chi connectivity index (χ0v) is 18.5. The van der Waals surface area contributed by atoms with Crippen LogP contribution in [0.5, 0.6) is 5.75 Å². The molecule has 0 saturated heterocycles. The van der Waals surface area contributed by atoms with Gasteiger partial charge in [-0.1, -0.05) is 39.0 Å². The molecule has 0 heterocycles. The normalized spacial score (nSPS) is 10.8. The van der Waals surface area contributed by atoms with E-state index in [1.807, 2.05) is 12.1 Å². The molecule has 0 radical (unpaired) electrons. The first-order valence-electron chi connectivity index (χ1n) is 8.65. The predicted octanol–water partition coefficient (Wildman–Crippen LogP) is 3.60. The Bertz CT molecular complexity index is 931. The highest BCUT2D eigenvalue weighted by Crippen LogP contribution is 2.31. The van der Waals surface area contributed by atoms with Gasteiger partial charge in [0.2, 0.25) is 0 Å². The lowest BCUT2D eigenvalue weighted by atomic mass is 9.87. The van der Waals surface area contributed by atoms with Crippen LogP contribution >= 0.6 is 28.1 Å². The minimum atomic E-state index is -0.728. The number of benzene rings is 2. The second-order valence-electron chi connectivity index (χ2n) is 7.12. The van der Waals surface area contributed by atoms with E-state index in [-0.39, 0.29) is 22.7 Å². The molecule has 2 aromatic carbocycles. The van der Waals surface area contributed by atoms with Gasteiger partial charge in [0.1, 0.15) is 11.6 Å². The van der Waals surface area contributed by atoms with Gasteiger partial charge in [-0.3, -0.25) is 25.8 Å². The molecule has 9 heteroatoms. The topological polar surface area (TPSA) is 79.5 Å². The van der Waals surface area contributed by atoms with Crippen molar-refractivity contribution in [2.75, 3.05) is 6.61 Å². The van der Waals surface area contributed by atoms with E-state index in [0.717, 1.165) is 16.1 Å². The summed E-state index contributed by atoms with van der Waals surface area (Å²) in [5.74, 6) is -1.40. The lowest BCUT2D eigenvalue weighted by Gasteiger charge is -2.20. The maximum absolute atomic E-state index is 13.6. The van der Waals surface area contributed by atoms with Crippen LogP contribution in [0, 0.1) is 5.82 Å². The van der Waals surface area contributed by atoms with Gasteiger partial charge in [0.05, 0.1) is 10.0 Å². The van der Waals surface area contributed by atoms with Gasteiger partial charge < -0.3 is 4.74 Å². The first-order chi connectivity index (χ1) is 13.6. The maximum atomic E-state index is 13.6. The van der Waals surface area contributed by atoms with Crippen LogP contribution in [0.25, 0.3) is 0 Å². The number of nitrogens with one attached hydrogen (secondary N) is 3. The molecule has 0 atom stereocenters. The summed E-state index contributed by atoms with van der Waals surface area (Å²) in [4.78, 5) is 23.9. The Kier molecular flexibility index (Phi) is 7.69. The first kappa shape index (κ1) is 22.8. The van der Waals surface area contributed by atoms with Crippen molar-refractivity contribution in [1.29, 1.82) is 0 Å². The highest BCUT2D eigenvalue weighted by atomic mass is 79.9. The molecule has 0 aromatic heterocycles. The number of hydrogen-bond donors (Lipinski definition) is 3. The van der Waals surface area contributed by atoms with E-state index >= 15 is 0 Å². The van der Waals surface area contributed by atoms with Gasteiger partial charge in [-0.25, -0.2) is 4.39 Å². The van der Waals surface area contributed by atoms with E-state index in [1.165, 1.54) is 18.2 Å². The molecule has 0 spiro atoms. The summed E-state index contributed by atoms with van der Waals surface area (Å²) in [6, 6.07) is 11.1. The van der Waals surface area contributed by atoms with Gasteiger partial charge in [0.15, 0.2) is 11.7 Å². The molecule has 0 bridgehead atoms. The summed E-state index contributed by atoms with van der Waals surface area (Å²) in [7, 11) is 0. The lowest BCUT2D eigenvalue weighted by Crippen LogP contribution is -2.49. The molecule has 2 amide bonds. The molecular formula is C20H21BrFN3O3S. The summed E-state index contributed by atoms with van der Waals surface area (Å²) < 4.78 is 19.8. The third-order valence-electron chi connectivity index (χ3n) is 3.82. The lowest BCUT2D eigenvalue weighted by molar-refractivity contribution is -0.123. The average Bonchev–Trinajstić information content (AvgIpc) is 2.64. The maximum Gasteiger partial charge on any atom is 0.276 e. The molecule has 6 nitrogen and oxygen atoms in total. The van der Waals surface area contributed by atoms with Gasteiger partial charge in [-0.05, 0) is 63.4 Å². The van der Waals surface area contributed by atoms with Crippen molar-refractivity contribution >= 4 is 45.1 Å². The van der Waals surface area contributed by atoms with Gasteiger partial charge >= 0.3 is 0 Å². The zero-order valence-electron chi connectivity index (χ0n) is 16.1. The summed E-state index contributed by atoms with van der Waals surface area (Å²) in [6.07, 6.45) is 0.